The van der Waals surface area contributed by atoms with Crippen molar-refractivity contribution in [1.82, 2.24) is 19.2 Å². The lowest BCUT2D eigenvalue weighted by Crippen LogP contribution is -2.26. The lowest BCUT2D eigenvalue weighted by atomic mass is 10.1. The summed E-state index contributed by atoms with van der Waals surface area (Å²) >= 11 is 3.07. The molecule has 0 spiro atoms. The molecule has 2 aromatic heterocycles. The molecular formula is C17H14BrF4N5O2. The second-order valence-electron chi connectivity index (χ2n) is 6.20. The third-order valence-corrected chi connectivity index (χ3v) is 4.54. The molecule has 0 saturated carbocycles. The van der Waals surface area contributed by atoms with Gasteiger partial charge in [0.2, 0.25) is 16.4 Å². The summed E-state index contributed by atoms with van der Waals surface area (Å²) in [5.41, 5.74) is -1.35. The minimum atomic E-state index is -4.84. The van der Waals surface area contributed by atoms with E-state index in [-0.39, 0.29) is 28.3 Å². The number of aromatic nitrogens is 4. The number of nitrogens with one attached hydrogen (secondary N) is 1. The highest BCUT2D eigenvalue weighted by atomic mass is 79.9. The van der Waals surface area contributed by atoms with E-state index in [9.17, 15) is 27.2 Å². The molecule has 0 aliphatic heterocycles. The largest absolute Gasteiger partial charge is 0.419 e. The van der Waals surface area contributed by atoms with Gasteiger partial charge in [-0.15, -0.1) is 5.10 Å². The molecule has 2 heterocycles. The predicted molar refractivity (Wildman–Crippen MR) is 99.1 cm³/mol. The first-order chi connectivity index (χ1) is 13.5. The number of benzene rings is 1. The first-order valence-electron chi connectivity index (χ1n) is 8.33. The molecule has 0 fully saturated rings. The van der Waals surface area contributed by atoms with Crippen LogP contribution in [0.4, 0.5) is 23.2 Å². The number of aryl methyl sites for hydroxylation is 2. The first-order valence-corrected chi connectivity index (χ1v) is 9.12. The maximum atomic E-state index is 13.8. The molecule has 0 bridgehead atoms. The van der Waals surface area contributed by atoms with Gasteiger partial charge in [0, 0.05) is 17.4 Å². The number of rotatable bonds is 4. The topological polar surface area (TPSA) is 81.3 Å². The maximum Gasteiger partial charge on any atom is 0.419 e. The van der Waals surface area contributed by atoms with Crippen LogP contribution < -0.4 is 10.9 Å². The quantitative estimate of drug-likeness (QED) is 0.586. The molecule has 154 valence electrons. The van der Waals surface area contributed by atoms with Crippen molar-refractivity contribution in [3.63, 3.8) is 0 Å². The van der Waals surface area contributed by atoms with Crippen LogP contribution in [-0.2, 0) is 23.9 Å². The Morgan fingerprint density at radius 1 is 1.28 bits per heavy atom. The predicted octanol–water partition coefficient (Wildman–Crippen LogP) is 3.32. The fraction of sp³-hybridized carbons (Fsp3) is 0.294. The molecule has 0 aliphatic carbocycles. The van der Waals surface area contributed by atoms with Crippen LogP contribution in [-0.4, -0.2) is 25.1 Å². The van der Waals surface area contributed by atoms with Crippen molar-refractivity contribution in [2.24, 2.45) is 0 Å². The normalized spacial score (nSPS) is 11.8. The van der Waals surface area contributed by atoms with E-state index in [1.807, 2.05) is 0 Å². The van der Waals surface area contributed by atoms with E-state index in [1.165, 1.54) is 17.6 Å². The molecule has 0 atom stereocenters. The molecule has 1 amide bonds. The zero-order valence-corrected chi connectivity index (χ0v) is 16.7. The Bertz CT molecular complexity index is 1170. The van der Waals surface area contributed by atoms with Gasteiger partial charge in [-0.25, -0.2) is 4.39 Å². The van der Waals surface area contributed by atoms with Crippen LogP contribution in [0.3, 0.4) is 0 Å². The Hall–Kier alpha value is -2.76. The zero-order valence-electron chi connectivity index (χ0n) is 15.1. The van der Waals surface area contributed by atoms with Gasteiger partial charge in [-0.05, 0) is 47.0 Å². The van der Waals surface area contributed by atoms with Crippen LogP contribution in [0.5, 0.6) is 0 Å². The molecule has 3 aromatic rings. The highest BCUT2D eigenvalue weighted by Crippen LogP contribution is 2.34. The van der Waals surface area contributed by atoms with E-state index in [0.29, 0.717) is 24.2 Å². The Kier molecular flexibility index (Phi) is 5.48. The van der Waals surface area contributed by atoms with Crippen LogP contribution in [0, 0.1) is 12.7 Å². The number of halogens is 5. The second-order valence-corrected chi connectivity index (χ2v) is 6.91. The summed E-state index contributed by atoms with van der Waals surface area (Å²) in [6, 6.07) is 2.57. The summed E-state index contributed by atoms with van der Waals surface area (Å²) in [5.74, 6) is -2.00. The number of hydrogen-bond acceptors (Lipinski definition) is 4. The number of nitrogens with zero attached hydrogens (tertiary/aromatic N) is 4. The third kappa shape index (κ3) is 4.16. The summed E-state index contributed by atoms with van der Waals surface area (Å²) in [7, 11) is 0. The fourth-order valence-corrected chi connectivity index (χ4v) is 3.16. The lowest BCUT2D eigenvalue weighted by molar-refractivity contribution is -0.140. The molecular weight excluding hydrogens is 462 g/mol. The van der Waals surface area contributed by atoms with E-state index in [2.05, 4.69) is 31.3 Å². The Morgan fingerprint density at radius 2 is 1.97 bits per heavy atom. The standard InChI is InChI=1S/C17H14BrF4N5O2/c1-3-9-5-14(29)27-16(24-15(18)25-27)26(9)7-13(28)23-12-6-11(19)10(4-8(12)2)17(20,21)22/h4-6H,3,7H2,1-2H3,(H,23,28). The van der Waals surface area contributed by atoms with Crippen LogP contribution in [0.15, 0.2) is 27.7 Å². The van der Waals surface area contributed by atoms with E-state index >= 15 is 0 Å². The average molecular weight is 476 g/mol. The van der Waals surface area contributed by atoms with Gasteiger partial charge in [0.05, 0.1) is 5.56 Å². The van der Waals surface area contributed by atoms with Crippen molar-refractivity contribution < 1.29 is 22.4 Å². The van der Waals surface area contributed by atoms with E-state index < -0.39 is 29.0 Å². The molecule has 0 unspecified atom stereocenters. The van der Waals surface area contributed by atoms with Gasteiger partial charge in [-0.1, -0.05) is 6.92 Å². The van der Waals surface area contributed by atoms with Crippen LogP contribution in [0.25, 0.3) is 5.78 Å². The van der Waals surface area contributed by atoms with Crippen molar-refractivity contribution in [1.29, 1.82) is 0 Å². The van der Waals surface area contributed by atoms with Crippen molar-refractivity contribution in [3.05, 3.63) is 55.9 Å². The van der Waals surface area contributed by atoms with Gasteiger partial charge in [0.25, 0.3) is 5.56 Å². The first kappa shape index (κ1) is 21.0. The summed E-state index contributed by atoms with van der Waals surface area (Å²) < 4.78 is 54.9. The van der Waals surface area contributed by atoms with E-state index in [4.69, 9.17) is 0 Å². The Balaban J connectivity index is 1.94. The van der Waals surface area contributed by atoms with E-state index in [1.54, 1.807) is 6.92 Å². The molecule has 0 radical (unpaired) electrons. The molecule has 0 saturated heterocycles. The molecule has 1 aromatic carbocycles. The third-order valence-electron chi connectivity index (χ3n) is 4.21. The van der Waals surface area contributed by atoms with Crippen LogP contribution in [0.2, 0.25) is 0 Å². The number of anilines is 1. The summed E-state index contributed by atoms with van der Waals surface area (Å²) in [6.45, 7) is 2.80. The minimum Gasteiger partial charge on any atom is -0.324 e. The number of alkyl halides is 3. The van der Waals surface area contributed by atoms with Gasteiger partial charge < -0.3 is 9.88 Å². The molecule has 1 N–H and O–H groups in total. The van der Waals surface area contributed by atoms with Gasteiger partial charge in [0.15, 0.2) is 0 Å². The van der Waals surface area contributed by atoms with Crippen molar-refractivity contribution in [2.75, 3.05) is 5.32 Å². The molecule has 3 rings (SSSR count). The highest BCUT2D eigenvalue weighted by Gasteiger charge is 2.34. The molecule has 12 heteroatoms. The van der Waals surface area contributed by atoms with Gasteiger partial charge in [0.1, 0.15) is 12.4 Å². The maximum absolute atomic E-state index is 13.8. The number of carbonyl (C=O) groups excluding carboxylic acids is 1. The molecule has 29 heavy (non-hydrogen) atoms. The van der Waals surface area contributed by atoms with Gasteiger partial charge in [-0.2, -0.15) is 22.7 Å². The van der Waals surface area contributed by atoms with Crippen LogP contribution >= 0.6 is 15.9 Å². The van der Waals surface area contributed by atoms with Crippen molar-refractivity contribution in [3.8, 4) is 0 Å². The zero-order chi connectivity index (χ0) is 21.5. The summed E-state index contributed by atoms with van der Waals surface area (Å²) in [5, 5.41) is 6.30. The average Bonchev–Trinajstić information content (AvgIpc) is 3.01. The van der Waals surface area contributed by atoms with Gasteiger partial charge >= 0.3 is 6.18 Å². The van der Waals surface area contributed by atoms with E-state index in [0.717, 1.165) is 4.52 Å². The summed E-state index contributed by atoms with van der Waals surface area (Å²) in [4.78, 5) is 28.7. The Morgan fingerprint density at radius 3 is 2.59 bits per heavy atom. The number of hydrogen-bond donors (Lipinski definition) is 1. The monoisotopic (exact) mass is 475 g/mol. The van der Waals surface area contributed by atoms with Crippen LogP contribution in [0.1, 0.15) is 23.7 Å². The highest BCUT2D eigenvalue weighted by molar-refractivity contribution is 9.10. The number of carbonyl (C=O) groups is 1. The Labute approximate surface area is 169 Å². The SMILES string of the molecule is CCc1cc(=O)n2nc(Br)nc2n1CC(=O)Nc1cc(F)c(C(F)(F)F)cc1C. The number of fused-ring (bicyclic) bond motifs is 1. The minimum absolute atomic E-state index is 0.0538. The number of amides is 1. The van der Waals surface area contributed by atoms with Crippen molar-refractivity contribution in [2.45, 2.75) is 33.0 Å². The summed E-state index contributed by atoms with van der Waals surface area (Å²) in [6.07, 6.45) is -4.42. The molecule has 0 aliphatic rings. The van der Waals surface area contributed by atoms with Gasteiger partial charge in [-0.3, -0.25) is 9.59 Å². The van der Waals surface area contributed by atoms with Crippen molar-refractivity contribution >= 4 is 33.3 Å². The second kappa shape index (κ2) is 7.58. The lowest BCUT2D eigenvalue weighted by Gasteiger charge is -2.15. The molecule has 7 nitrogen and oxygen atoms in total. The smallest absolute Gasteiger partial charge is 0.324 e. The fourth-order valence-electron chi connectivity index (χ4n) is 2.84.